The van der Waals surface area contributed by atoms with Gasteiger partial charge in [-0.05, 0) is 70.0 Å². The highest BCUT2D eigenvalue weighted by Crippen LogP contribution is 2.38. The Morgan fingerprint density at radius 3 is 2.48 bits per heavy atom. The van der Waals surface area contributed by atoms with Gasteiger partial charge < -0.3 is 16.0 Å². The summed E-state index contributed by atoms with van der Waals surface area (Å²) in [5, 5.41) is 9.09. The van der Waals surface area contributed by atoms with Crippen molar-refractivity contribution in [2.75, 3.05) is 25.5 Å². The predicted octanol–water partition coefficient (Wildman–Crippen LogP) is 2.92. The molecule has 1 aliphatic carbocycles. The van der Waals surface area contributed by atoms with Crippen LogP contribution in [0.5, 0.6) is 0 Å². The van der Waals surface area contributed by atoms with Gasteiger partial charge in [-0.25, -0.2) is 0 Å². The second kappa shape index (κ2) is 8.99. The number of hydrogen-bond acceptors (Lipinski definition) is 3. The van der Waals surface area contributed by atoms with Crippen LogP contribution in [0.4, 0.5) is 5.69 Å². The number of carbonyl (C=O) groups is 2. The molecule has 0 saturated heterocycles. The Bertz CT molecular complexity index is 607. The quantitative estimate of drug-likeness (QED) is 0.635. The first-order chi connectivity index (χ1) is 12.0. The second-order valence-electron chi connectivity index (χ2n) is 7.22. The summed E-state index contributed by atoms with van der Waals surface area (Å²) in [6.45, 7) is 5.36. The van der Waals surface area contributed by atoms with Gasteiger partial charge in [0.15, 0.2) is 0 Å². The number of carbonyl (C=O) groups excluding carboxylic acids is 2. The first-order valence-electron chi connectivity index (χ1n) is 9.27. The average molecular weight is 345 g/mol. The van der Waals surface area contributed by atoms with Crippen molar-refractivity contribution in [3.8, 4) is 0 Å². The summed E-state index contributed by atoms with van der Waals surface area (Å²) in [7, 11) is 1.88. The van der Waals surface area contributed by atoms with E-state index < -0.39 is 5.41 Å². The van der Waals surface area contributed by atoms with E-state index in [-0.39, 0.29) is 11.8 Å². The van der Waals surface area contributed by atoms with Crippen LogP contribution in [0.3, 0.4) is 0 Å². The van der Waals surface area contributed by atoms with Gasteiger partial charge in [-0.2, -0.15) is 0 Å². The highest BCUT2D eigenvalue weighted by atomic mass is 16.2. The first-order valence-corrected chi connectivity index (χ1v) is 9.27. The molecule has 5 heteroatoms. The van der Waals surface area contributed by atoms with Crippen LogP contribution in [-0.2, 0) is 9.59 Å². The lowest BCUT2D eigenvalue weighted by atomic mass is 9.84. The summed E-state index contributed by atoms with van der Waals surface area (Å²) in [6.07, 6.45) is 5.05. The lowest BCUT2D eigenvalue weighted by molar-refractivity contribution is -0.126. The van der Waals surface area contributed by atoms with Crippen molar-refractivity contribution in [3.63, 3.8) is 0 Å². The lowest BCUT2D eigenvalue weighted by Gasteiger charge is -2.28. The van der Waals surface area contributed by atoms with Crippen molar-refractivity contribution in [3.05, 3.63) is 29.3 Å². The van der Waals surface area contributed by atoms with Gasteiger partial charge in [0.05, 0.1) is 5.41 Å². The van der Waals surface area contributed by atoms with E-state index >= 15 is 0 Å². The van der Waals surface area contributed by atoms with E-state index in [1.165, 1.54) is 5.56 Å². The Balaban J connectivity index is 1.96. The molecule has 138 valence electrons. The van der Waals surface area contributed by atoms with E-state index in [2.05, 4.69) is 22.9 Å². The molecule has 1 saturated carbocycles. The molecule has 0 aromatic heterocycles. The molecular formula is C20H31N3O2. The van der Waals surface area contributed by atoms with E-state index in [1.807, 2.05) is 32.2 Å². The minimum Gasteiger partial charge on any atom is -0.355 e. The number of anilines is 1. The van der Waals surface area contributed by atoms with E-state index in [9.17, 15) is 9.59 Å². The highest BCUT2D eigenvalue weighted by molar-refractivity contribution is 5.96. The lowest BCUT2D eigenvalue weighted by Crippen LogP contribution is -2.44. The van der Waals surface area contributed by atoms with E-state index in [0.717, 1.165) is 49.9 Å². The summed E-state index contributed by atoms with van der Waals surface area (Å²) in [6, 6.07) is 5.97. The van der Waals surface area contributed by atoms with Crippen LogP contribution in [-0.4, -0.2) is 32.0 Å². The largest absolute Gasteiger partial charge is 0.355 e. The minimum absolute atomic E-state index is 0.0282. The standard InChI is InChI=1S/C20H31N3O2/c1-15-8-9-17(13-16(15)2)23-19(25)20(10-4-5-11-20)14-22-18(24)7-6-12-21-3/h8-9,13,21H,4-7,10-12,14H2,1-3H3,(H,22,24)(H,23,25). The first kappa shape index (κ1) is 19.4. The monoisotopic (exact) mass is 345 g/mol. The summed E-state index contributed by atoms with van der Waals surface area (Å²) in [5.41, 5.74) is 2.73. The Kier molecular flexibility index (Phi) is 7.00. The summed E-state index contributed by atoms with van der Waals surface area (Å²) >= 11 is 0. The zero-order chi connectivity index (χ0) is 18.3. The molecule has 2 rings (SSSR count). The van der Waals surface area contributed by atoms with Gasteiger partial charge >= 0.3 is 0 Å². The van der Waals surface area contributed by atoms with Crippen LogP contribution in [0.25, 0.3) is 0 Å². The molecule has 1 aliphatic rings. The average Bonchev–Trinajstić information content (AvgIpc) is 3.07. The molecule has 0 spiro atoms. The molecule has 3 N–H and O–H groups in total. The van der Waals surface area contributed by atoms with Crippen molar-refractivity contribution in [2.24, 2.45) is 5.41 Å². The van der Waals surface area contributed by atoms with Gasteiger partial charge in [-0.15, -0.1) is 0 Å². The van der Waals surface area contributed by atoms with Gasteiger partial charge in [-0.1, -0.05) is 18.9 Å². The van der Waals surface area contributed by atoms with Crippen LogP contribution in [0.1, 0.15) is 49.7 Å². The van der Waals surface area contributed by atoms with Crippen LogP contribution < -0.4 is 16.0 Å². The van der Waals surface area contributed by atoms with Gasteiger partial charge in [0.2, 0.25) is 11.8 Å². The molecule has 0 heterocycles. The molecule has 1 aromatic carbocycles. The van der Waals surface area contributed by atoms with Crippen molar-refractivity contribution in [2.45, 2.75) is 52.4 Å². The summed E-state index contributed by atoms with van der Waals surface area (Å²) < 4.78 is 0. The second-order valence-corrected chi connectivity index (χ2v) is 7.22. The van der Waals surface area contributed by atoms with Crippen LogP contribution in [0, 0.1) is 19.3 Å². The molecular weight excluding hydrogens is 314 g/mol. The number of amides is 2. The molecule has 2 amide bonds. The maximum atomic E-state index is 12.9. The number of rotatable bonds is 8. The van der Waals surface area contributed by atoms with E-state index in [4.69, 9.17) is 0 Å². The van der Waals surface area contributed by atoms with Crippen molar-refractivity contribution >= 4 is 17.5 Å². The summed E-state index contributed by atoms with van der Waals surface area (Å²) in [4.78, 5) is 24.9. The fraction of sp³-hybridized carbons (Fsp3) is 0.600. The molecule has 0 bridgehead atoms. The van der Waals surface area contributed by atoms with Crippen molar-refractivity contribution in [1.82, 2.24) is 10.6 Å². The van der Waals surface area contributed by atoms with Crippen molar-refractivity contribution in [1.29, 1.82) is 0 Å². The zero-order valence-electron chi connectivity index (χ0n) is 15.7. The summed E-state index contributed by atoms with van der Waals surface area (Å²) in [5.74, 6) is 0.0595. The Morgan fingerprint density at radius 1 is 1.12 bits per heavy atom. The predicted molar refractivity (Wildman–Crippen MR) is 102 cm³/mol. The van der Waals surface area contributed by atoms with Gasteiger partial charge in [-0.3, -0.25) is 9.59 Å². The molecule has 0 unspecified atom stereocenters. The van der Waals surface area contributed by atoms with E-state index in [1.54, 1.807) is 0 Å². The number of nitrogens with one attached hydrogen (secondary N) is 3. The Morgan fingerprint density at radius 2 is 1.84 bits per heavy atom. The van der Waals surface area contributed by atoms with Crippen LogP contribution in [0.2, 0.25) is 0 Å². The van der Waals surface area contributed by atoms with Crippen LogP contribution in [0.15, 0.2) is 18.2 Å². The maximum absolute atomic E-state index is 12.9. The zero-order valence-corrected chi connectivity index (χ0v) is 15.7. The van der Waals surface area contributed by atoms with Crippen molar-refractivity contribution < 1.29 is 9.59 Å². The third-order valence-corrected chi connectivity index (χ3v) is 5.26. The number of benzene rings is 1. The van der Waals surface area contributed by atoms with E-state index in [0.29, 0.717) is 13.0 Å². The topological polar surface area (TPSA) is 70.2 Å². The molecule has 1 fully saturated rings. The Hall–Kier alpha value is -1.88. The minimum atomic E-state index is -0.475. The normalized spacial score (nSPS) is 15.8. The van der Waals surface area contributed by atoms with Gasteiger partial charge in [0.25, 0.3) is 0 Å². The van der Waals surface area contributed by atoms with Gasteiger partial charge in [0, 0.05) is 18.7 Å². The molecule has 0 radical (unpaired) electrons. The molecule has 1 aromatic rings. The SMILES string of the molecule is CNCCCC(=O)NCC1(C(=O)Nc2ccc(C)c(C)c2)CCCC1. The maximum Gasteiger partial charge on any atom is 0.232 e. The fourth-order valence-corrected chi connectivity index (χ4v) is 3.40. The number of aryl methyl sites for hydroxylation is 2. The molecule has 0 atom stereocenters. The Labute approximate surface area is 151 Å². The molecule has 25 heavy (non-hydrogen) atoms. The third kappa shape index (κ3) is 5.30. The van der Waals surface area contributed by atoms with Gasteiger partial charge in [0.1, 0.15) is 0 Å². The molecule has 5 nitrogen and oxygen atoms in total. The smallest absolute Gasteiger partial charge is 0.232 e. The third-order valence-electron chi connectivity index (χ3n) is 5.26. The van der Waals surface area contributed by atoms with Crippen LogP contribution >= 0.6 is 0 Å². The highest BCUT2D eigenvalue weighted by Gasteiger charge is 2.41. The number of hydrogen-bond donors (Lipinski definition) is 3. The molecule has 0 aliphatic heterocycles. The fourth-order valence-electron chi connectivity index (χ4n) is 3.40.